The topological polar surface area (TPSA) is 88.3 Å². The molecule has 0 aromatic carbocycles. The van der Waals surface area contributed by atoms with Gasteiger partial charge in [0.2, 0.25) is 5.82 Å². The Labute approximate surface area is 99.8 Å². The highest BCUT2D eigenvalue weighted by Crippen LogP contribution is 2.21. The summed E-state index contributed by atoms with van der Waals surface area (Å²) in [4.78, 5) is 14.2. The summed E-state index contributed by atoms with van der Waals surface area (Å²) in [6.45, 7) is 2.73. The monoisotopic (exact) mass is 239 g/mol. The average molecular weight is 239 g/mol. The largest absolute Gasteiger partial charge is 0.396 e. The molecule has 1 atom stereocenters. The summed E-state index contributed by atoms with van der Waals surface area (Å²) in [5, 5.41) is 22.6. The molecular weight excluding hydrogens is 222 g/mol. The molecule has 0 radical (unpaired) electrons. The standard InChI is InChI=1S/C11H17N3O3/c1-2-9(5-7-15)8-13-11-10(14(16)17)4-3-6-12-11/h3-4,6,9,15H,2,5,7-8H2,1H3,(H,12,13). The Morgan fingerprint density at radius 3 is 3.00 bits per heavy atom. The molecule has 0 aliphatic heterocycles. The van der Waals surface area contributed by atoms with Crippen LogP contribution in [0.1, 0.15) is 19.8 Å². The molecule has 0 spiro atoms. The van der Waals surface area contributed by atoms with Crippen molar-refractivity contribution in [3.05, 3.63) is 28.4 Å². The van der Waals surface area contributed by atoms with Crippen LogP contribution in [0.5, 0.6) is 0 Å². The van der Waals surface area contributed by atoms with E-state index >= 15 is 0 Å². The van der Waals surface area contributed by atoms with Gasteiger partial charge in [0, 0.05) is 25.4 Å². The van der Waals surface area contributed by atoms with Gasteiger partial charge >= 0.3 is 5.69 Å². The number of hydrogen-bond donors (Lipinski definition) is 2. The fraction of sp³-hybridized carbons (Fsp3) is 0.545. The zero-order valence-corrected chi connectivity index (χ0v) is 9.80. The molecule has 0 saturated heterocycles. The molecule has 0 fully saturated rings. The van der Waals surface area contributed by atoms with Crippen molar-refractivity contribution in [3.63, 3.8) is 0 Å². The number of aliphatic hydroxyl groups is 1. The smallest absolute Gasteiger partial charge is 0.311 e. The van der Waals surface area contributed by atoms with Crippen LogP contribution < -0.4 is 5.32 Å². The van der Waals surface area contributed by atoms with Gasteiger partial charge < -0.3 is 10.4 Å². The van der Waals surface area contributed by atoms with Crippen LogP contribution in [0.4, 0.5) is 11.5 Å². The van der Waals surface area contributed by atoms with Gasteiger partial charge in [-0.2, -0.15) is 0 Å². The Balaban J connectivity index is 2.65. The maximum atomic E-state index is 10.7. The number of hydrogen-bond acceptors (Lipinski definition) is 5. The van der Waals surface area contributed by atoms with Crippen LogP contribution in [0, 0.1) is 16.0 Å². The van der Waals surface area contributed by atoms with Crippen molar-refractivity contribution < 1.29 is 10.0 Å². The summed E-state index contributed by atoms with van der Waals surface area (Å²) in [6.07, 6.45) is 3.11. The van der Waals surface area contributed by atoms with Crippen molar-refractivity contribution in [1.29, 1.82) is 0 Å². The van der Waals surface area contributed by atoms with Gasteiger partial charge in [0.05, 0.1) is 4.92 Å². The summed E-state index contributed by atoms with van der Waals surface area (Å²) < 4.78 is 0. The fourth-order valence-corrected chi connectivity index (χ4v) is 1.55. The Morgan fingerprint density at radius 1 is 1.65 bits per heavy atom. The molecule has 1 aromatic rings. The van der Waals surface area contributed by atoms with E-state index in [1.165, 1.54) is 18.3 Å². The molecule has 0 aliphatic carbocycles. The lowest BCUT2D eigenvalue weighted by Crippen LogP contribution is -2.16. The highest BCUT2D eigenvalue weighted by molar-refractivity contribution is 5.54. The van der Waals surface area contributed by atoms with Crippen molar-refractivity contribution in [2.45, 2.75) is 19.8 Å². The van der Waals surface area contributed by atoms with Crippen molar-refractivity contribution in [1.82, 2.24) is 4.98 Å². The predicted octanol–water partition coefficient (Wildman–Crippen LogP) is 1.81. The summed E-state index contributed by atoms with van der Waals surface area (Å²) in [5.74, 6) is 0.579. The van der Waals surface area contributed by atoms with Gasteiger partial charge in [-0.15, -0.1) is 0 Å². The molecule has 1 unspecified atom stereocenters. The number of nitro groups is 1. The number of rotatable bonds is 7. The van der Waals surface area contributed by atoms with E-state index < -0.39 is 4.92 Å². The molecule has 0 amide bonds. The first-order chi connectivity index (χ1) is 8.19. The van der Waals surface area contributed by atoms with E-state index in [9.17, 15) is 10.1 Å². The number of aromatic nitrogens is 1. The lowest BCUT2D eigenvalue weighted by molar-refractivity contribution is -0.384. The fourth-order valence-electron chi connectivity index (χ4n) is 1.55. The third-order valence-corrected chi connectivity index (χ3v) is 2.66. The van der Waals surface area contributed by atoms with Crippen molar-refractivity contribution in [3.8, 4) is 0 Å². The molecule has 6 heteroatoms. The minimum atomic E-state index is -0.456. The molecule has 0 bridgehead atoms. The van der Waals surface area contributed by atoms with Crippen LogP contribution in [0.2, 0.25) is 0 Å². The van der Waals surface area contributed by atoms with Crippen LogP contribution in [0.3, 0.4) is 0 Å². The van der Waals surface area contributed by atoms with Gasteiger partial charge in [-0.3, -0.25) is 10.1 Å². The number of anilines is 1. The zero-order chi connectivity index (χ0) is 12.7. The van der Waals surface area contributed by atoms with Gasteiger partial charge in [0.15, 0.2) is 0 Å². The lowest BCUT2D eigenvalue weighted by atomic mass is 10.0. The van der Waals surface area contributed by atoms with Gasteiger partial charge in [0.25, 0.3) is 0 Å². The Kier molecular flexibility index (Phi) is 5.35. The Hall–Kier alpha value is -1.69. The third-order valence-electron chi connectivity index (χ3n) is 2.66. The van der Waals surface area contributed by atoms with E-state index in [-0.39, 0.29) is 18.1 Å². The SMILES string of the molecule is CCC(CCO)CNc1ncccc1[N+](=O)[O-]. The van der Waals surface area contributed by atoms with Crippen molar-refractivity contribution >= 4 is 11.5 Å². The second-order valence-electron chi connectivity index (χ2n) is 3.80. The third kappa shape index (κ3) is 3.99. The van der Waals surface area contributed by atoms with Gasteiger partial charge in [-0.1, -0.05) is 13.3 Å². The number of nitrogens with one attached hydrogen (secondary N) is 1. The molecule has 0 aliphatic rings. The normalized spacial score (nSPS) is 12.1. The number of aliphatic hydroxyl groups excluding tert-OH is 1. The second kappa shape index (κ2) is 6.80. The molecule has 1 aromatic heterocycles. The summed E-state index contributed by atoms with van der Waals surface area (Å²) >= 11 is 0. The average Bonchev–Trinajstić information content (AvgIpc) is 2.34. The maximum Gasteiger partial charge on any atom is 0.311 e. The van der Waals surface area contributed by atoms with Gasteiger partial charge in [-0.05, 0) is 18.4 Å². The van der Waals surface area contributed by atoms with Gasteiger partial charge in [0.1, 0.15) is 0 Å². The first-order valence-electron chi connectivity index (χ1n) is 5.63. The van der Waals surface area contributed by atoms with E-state index in [0.717, 1.165) is 6.42 Å². The van der Waals surface area contributed by atoms with Crippen molar-refractivity contribution in [2.75, 3.05) is 18.5 Å². The van der Waals surface area contributed by atoms with Crippen LogP contribution in [0.25, 0.3) is 0 Å². The minimum absolute atomic E-state index is 0.0219. The van der Waals surface area contributed by atoms with E-state index in [4.69, 9.17) is 5.11 Å². The van der Waals surface area contributed by atoms with Crippen LogP contribution in [-0.4, -0.2) is 28.2 Å². The quantitative estimate of drug-likeness (QED) is 0.559. The molecule has 94 valence electrons. The lowest BCUT2D eigenvalue weighted by Gasteiger charge is -2.14. The first-order valence-corrected chi connectivity index (χ1v) is 5.63. The van der Waals surface area contributed by atoms with Gasteiger partial charge in [-0.25, -0.2) is 4.98 Å². The summed E-state index contributed by atoms with van der Waals surface area (Å²) in [6, 6.07) is 2.96. The molecular formula is C11H17N3O3. The van der Waals surface area contributed by atoms with Crippen LogP contribution in [-0.2, 0) is 0 Å². The summed E-state index contributed by atoms with van der Waals surface area (Å²) in [7, 11) is 0. The molecule has 17 heavy (non-hydrogen) atoms. The van der Waals surface area contributed by atoms with E-state index in [1.807, 2.05) is 6.92 Å². The number of pyridine rings is 1. The predicted molar refractivity (Wildman–Crippen MR) is 64.9 cm³/mol. The van der Waals surface area contributed by atoms with E-state index in [1.54, 1.807) is 0 Å². The molecule has 6 nitrogen and oxygen atoms in total. The summed E-state index contributed by atoms with van der Waals surface area (Å²) in [5.41, 5.74) is -0.0219. The minimum Gasteiger partial charge on any atom is -0.396 e. The maximum absolute atomic E-state index is 10.7. The van der Waals surface area contributed by atoms with E-state index in [0.29, 0.717) is 18.9 Å². The van der Waals surface area contributed by atoms with Crippen molar-refractivity contribution in [2.24, 2.45) is 5.92 Å². The zero-order valence-electron chi connectivity index (χ0n) is 9.80. The second-order valence-corrected chi connectivity index (χ2v) is 3.80. The van der Waals surface area contributed by atoms with Crippen LogP contribution >= 0.6 is 0 Å². The van der Waals surface area contributed by atoms with Crippen LogP contribution in [0.15, 0.2) is 18.3 Å². The molecule has 1 heterocycles. The first kappa shape index (κ1) is 13.4. The molecule has 0 saturated carbocycles. The van der Waals surface area contributed by atoms with E-state index in [2.05, 4.69) is 10.3 Å². The number of nitrogens with zero attached hydrogens (tertiary/aromatic N) is 2. The molecule has 2 N–H and O–H groups in total. The highest BCUT2D eigenvalue weighted by atomic mass is 16.6. The highest BCUT2D eigenvalue weighted by Gasteiger charge is 2.14. The molecule has 1 rings (SSSR count). The Morgan fingerprint density at radius 2 is 2.41 bits per heavy atom. The Bertz CT molecular complexity index is 371.